The minimum absolute atomic E-state index is 0.597. The molecule has 0 bridgehead atoms. The number of rotatable bonds is 2. The molecule has 7 heavy (non-hydrogen) atoms. The van der Waals surface area contributed by atoms with Crippen molar-refractivity contribution in [3.05, 3.63) is 19.1 Å². The summed E-state index contributed by atoms with van der Waals surface area (Å²) in [5.74, 6) is 0.597. The Balaban J connectivity index is 3.34. The van der Waals surface area contributed by atoms with E-state index < -0.39 is 0 Å². The fourth-order valence-electron chi connectivity index (χ4n) is 0.289. The van der Waals surface area contributed by atoms with Crippen LogP contribution in [0.25, 0.3) is 0 Å². The molecule has 0 heterocycles. The van der Waals surface area contributed by atoms with Crippen LogP contribution < -0.4 is 0 Å². The zero-order valence-corrected chi connectivity index (χ0v) is 5.20. The van der Waals surface area contributed by atoms with E-state index in [1.807, 2.05) is 0 Å². The summed E-state index contributed by atoms with van der Waals surface area (Å²) in [5.41, 5.74) is 1.04. The highest BCUT2D eigenvalue weighted by Gasteiger charge is 1.94. The van der Waals surface area contributed by atoms with Gasteiger partial charge in [-0.2, -0.15) is 0 Å². The zero-order valence-electron chi connectivity index (χ0n) is 5.20. The Morgan fingerprint density at radius 2 is 2.14 bits per heavy atom. The normalized spacial score (nSPS) is 13.6. The lowest BCUT2D eigenvalue weighted by Gasteiger charge is -2.03. The van der Waals surface area contributed by atoms with Gasteiger partial charge in [0.2, 0.25) is 0 Å². The van der Waals surface area contributed by atoms with Crippen LogP contribution in [0.3, 0.4) is 0 Å². The molecule has 0 aromatic heterocycles. The van der Waals surface area contributed by atoms with Gasteiger partial charge in [0.05, 0.1) is 0 Å². The molecule has 0 nitrogen and oxygen atoms in total. The van der Waals surface area contributed by atoms with Gasteiger partial charge in [0, 0.05) is 0 Å². The molecule has 0 heteroatoms. The predicted octanol–water partition coefficient (Wildman–Crippen LogP) is 2.42. The molecule has 0 saturated heterocycles. The minimum atomic E-state index is 0.597. The van der Waals surface area contributed by atoms with Crippen molar-refractivity contribution in [3.8, 4) is 0 Å². The molecule has 0 saturated carbocycles. The van der Waals surface area contributed by atoms with Gasteiger partial charge >= 0.3 is 0 Å². The molecule has 0 aliphatic carbocycles. The molecule has 41 valence electrons. The molecule has 1 unspecified atom stereocenters. The van der Waals surface area contributed by atoms with Gasteiger partial charge in [-0.3, -0.25) is 0 Å². The van der Waals surface area contributed by atoms with Crippen LogP contribution in [-0.2, 0) is 0 Å². The van der Waals surface area contributed by atoms with Crippen molar-refractivity contribution in [3.63, 3.8) is 0 Å². The van der Waals surface area contributed by atoms with Crippen LogP contribution in [-0.4, -0.2) is 0 Å². The fourth-order valence-corrected chi connectivity index (χ4v) is 0.289. The summed E-state index contributed by atoms with van der Waals surface area (Å²) in [6, 6.07) is 0. The second-order valence-corrected chi connectivity index (χ2v) is 1.97. The van der Waals surface area contributed by atoms with Gasteiger partial charge in [-0.25, -0.2) is 0 Å². The standard InChI is InChI=1S/C7H13/c1-5-7(4)6(2)3/h7H,2-3,5H2,1,4H3. The van der Waals surface area contributed by atoms with Crippen molar-refractivity contribution in [2.75, 3.05) is 0 Å². The lowest BCUT2D eigenvalue weighted by atomic mass is 10.0. The molecular formula is C7H13. The molecule has 0 N–H and O–H groups in total. The highest BCUT2D eigenvalue weighted by atomic mass is 14.0. The molecule has 1 atom stereocenters. The Labute approximate surface area is 46.2 Å². The van der Waals surface area contributed by atoms with Crippen molar-refractivity contribution in [2.45, 2.75) is 20.3 Å². The van der Waals surface area contributed by atoms with Gasteiger partial charge in [0.25, 0.3) is 0 Å². The third-order valence-corrected chi connectivity index (χ3v) is 1.31. The quantitative estimate of drug-likeness (QED) is 0.496. The Morgan fingerprint density at radius 1 is 1.71 bits per heavy atom. The average molecular weight is 97.2 g/mol. The van der Waals surface area contributed by atoms with Gasteiger partial charge in [-0.15, -0.1) is 0 Å². The Hall–Kier alpha value is -0.260. The van der Waals surface area contributed by atoms with Crippen molar-refractivity contribution < 1.29 is 0 Å². The first-order valence-electron chi connectivity index (χ1n) is 2.69. The van der Waals surface area contributed by atoms with Crippen LogP contribution in [0, 0.1) is 12.8 Å². The van der Waals surface area contributed by atoms with Crippen LogP contribution in [0.1, 0.15) is 20.3 Å². The third-order valence-electron chi connectivity index (χ3n) is 1.31. The molecule has 0 aliphatic heterocycles. The summed E-state index contributed by atoms with van der Waals surface area (Å²) in [6.45, 7) is 11.7. The second kappa shape index (κ2) is 2.84. The van der Waals surface area contributed by atoms with Crippen LogP contribution in [0.15, 0.2) is 12.2 Å². The van der Waals surface area contributed by atoms with E-state index in [0.29, 0.717) is 5.92 Å². The number of hydrogen-bond acceptors (Lipinski definition) is 0. The van der Waals surface area contributed by atoms with Gasteiger partial charge < -0.3 is 0 Å². The minimum Gasteiger partial charge on any atom is -0.0996 e. The van der Waals surface area contributed by atoms with Gasteiger partial charge in [-0.05, 0) is 19.3 Å². The van der Waals surface area contributed by atoms with Gasteiger partial charge in [0.1, 0.15) is 0 Å². The van der Waals surface area contributed by atoms with E-state index >= 15 is 0 Å². The first kappa shape index (κ1) is 6.74. The van der Waals surface area contributed by atoms with Gasteiger partial charge in [0.15, 0.2) is 0 Å². The molecule has 0 spiro atoms. The SMILES string of the molecule is [CH2]C(=C)C(C)CC. The summed E-state index contributed by atoms with van der Waals surface area (Å²) in [6.07, 6.45) is 1.16. The van der Waals surface area contributed by atoms with E-state index in [9.17, 15) is 0 Å². The number of hydrogen-bond donors (Lipinski definition) is 0. The van der Waals surface area contributed by atoms with Crippen molar-refractivity contribution in [2.24, 2.45) is 5.92 Å². The Bertz CT molecular complexity index is 62.4. The largest absolute Gasteiger partial charge is 0.0996 e. The van der Waals surface area contributed by atoms with Crippen LogP contribution in [0.2, 0.25) is 0 Å². The monoisotopic (exact) mass is 97.1 g/mol. The molecule has 0 aliphatic rings. The van der Waals surface area contributed by atoms with E-state index in [0.717, 1.165) is 12.0 Å². The van der Waals surface area contributed by atoms with Gasteiger partial charge in [-0.1, -0.05) is 26.0 Å². The molecule has 0 aromatic carbocycles. The van der Waals surface area contributed by atoms with E-state index in [-0.39, 0.29) is 0 Å². The molecule has 0 fully saturated rings. The Kier molecular flexibility index (Phi) is 2.73. The maximum absolute atomic E-state index is 3.71. The second-order valence-electron chi connectivity index (χ2n) is 1.97. The smallest absolute Gasteiger partial charge is 0.0237 e. The third kappa shape index (κ3) is 2.44. The lowest BCUT2D eigenvalue weighted by molar-refractivity contribution is 0.672. The summed E-state index contributed by atoms with van der Waals surface area (Å²) < 4.78 is 0. The fraction of sp³-hybridized carbons (Fsp3) is 0.571. The molecular weight excluding hydrogens is 84.1 g/mol. The van der Waals surface area contributed by atoms with E-state index in [1.165, 1.54) is 0 Å². The highest BCUT2D eigenvalue weighted by molar-refractivity contribution is 5.01. The first-order chi connectivity index (χ1) is 3.18. The van der Waals surface area contributed by atoms with Crippen molar-refractivity contribution in [1.82, 2.24) is 0 Å². The topological polar surface area (TPSA) is 0 Å². The first-order valence-corrected chi connectivity index (χ1v) is 2.69. The number of allylic oxidation sites excluding steroid dienone is 1. The maximum Gasteiger partial charge on any atom is -0.0237 e. The average Bonchev–Trinajstić information content (AvgIpc) is 1.65. The van der Waals surface area contributed by atoms with Crippen molar-refractivity contribution >= 4 is 0 Å². The molecule has 0 amide bonds. The van der Waals surface area contributed by atoms with Crippen LogP contribution in [0.5, 0.6) is 0 Å². The van der Waals surface area contributed by atoms with E-state index in [4.69, 9.17) is 0 Å². The van der Waals surface area contributed by atoms with Crippen LogP contribution in [0.4, 0.5) is 0 Å². The highest BCUT2D eigenvalue weighted by Crippen LogP contribution is 2.08. The molecule has 1 radical (unpaired) electrons. The van der Waals surface area contributed by atoms with E-state index in [2.05, 4.69) is 27.4 Å². The molecule has 0 rings (SSSR count). The summed E-state index contributed by atoms with van der Waals surface area (Å²) >= 11 is 0. The summed E-state index contributed by atoms with van der Waals surface area (Å²) in [5, 5.41) is 0. The van der Waals surface area contributed by atoms with Crippen molar-refractivity contribution in [1.29, 1.82) is 0 Å². The van der Waals surface area contributed by atoms with E-state index in [1.54, 1.807) is 0 Å². The zero-order chi connectivity index (χ0) is 5.86. The molecule has 0 aromatic rings. The summed E-state index contributed by atoms with van der Waals surface area (Å²) in [7, 11) is 0. The lowest BCUT2D eigenvalue weighted by Crippen LogP contribution is -1.90. The Morgan fingerprint density at radius 3 is 2.14 bits per heavy atom. The summed E-state index contributed by atoms with van der Waals surface area (Å²) in [4.78, 5) is 0. The predicted molar refractivity (Wildman–Crippen MR) is 34.0 cm³/mol. The van der Waals surface area contributed by atoms with Crippen LogP contribution >= 0.6 is 0 Å². The maximum atomic E-state index is 3.71.